The summed E-state index contributed by atoms with van der Waals surface area (Å²) in [6.45, 7) is 4.00. The molecule has 0 saturated carbocycles. The van der Waals surface area contributed by atoms with E-state index in [1.165, 1.54) is 30.4 Å². The minimum Gasteiger partial charge on any atom is -0.461 e. The number of hydrogen-bond donors (Lipinski definition) is 1. The van der Waals surface area contributed by atoms with Gasteiger partial charge in [-0.05, 0) is 56.6 Å². The van der Waals surface area contributed by atoms with E-state index in [9.17, 15) is 9.59 Å². The number of hydrogen-bond acceptors (Lipinski definition) is 5. The van der Waals surface area contributed by atoms with Gasteiger partial charge in [-0.15, -0.1) is 0 Å². The van der Waals surface area contributed by atoms with Gasteiger partial charge in [-0.3, -0.25) is 14.5 Å². The smallest absolute Gasteiger partial charge is 0.308 e. The minimum atomic E-state index is -0.293. The summed E-state index contributed by atoms with van der Waals surface area (Å²) in [5, 5.41) is 3.06. The van der Waals surface area contributed by atoms with Crippen molar-refractivity contribution in [3.63, 3.8) is 0 Å². The highest BCUT2D eigenvalue weighted by Crippen LogP contribution is 2.12. The van der Waals surface area contributed by atoms with Crippen molar-refractivity contribution < 1.29 is 14.3 Å². The van der Waals surface area contributed by atoms with Crippen molar-refractivity contribution in [3.8, 4) is 0 Å². The SMILES string of the molecule is CN(C)CC(CC(=O)OCc1ccccc1)NC(=O)CCCCCCCCN(CCc1ccccc1)Cc1ccccc1. The number of esters is 1. The summed E-state index contributed by atoms with van der Waals surface area (Å²) in [5.41, 5.74) is 3.71. The molecule has 0 bridgehead atoms. The van der Waals surface area contributed by atoms with Gasteiger partial charge in [0.2, 0.25) is 5.91 Å². The van der Waals surface area contributed by atoms with Gasteiger partial charge >= 0.3 is 5.97 Å². The van der Waals surface area contributed by atoms with Gasteiger partial charge < -0.3 is 15.0 Å². The maximum absolute atomic E-state index is 12.6. The fourth-order valence-corrected chi connectivity index (χ4v) is 5.27. The molecule has 3 aromatic rings. The van der Waals surface area contributed by atoms with Crippen LogP contribution in [0.5, 0.6) is 0 Å². The molecule has 0 radical (unpaired) electrons. The van der Waals surface area contributed by atoms with E-state index < -0.39 is 0 Å². The quantitative estimate of drug-likeness (QED) is 0.112. The molecule has 0 aliphatic carbocycles. The van der Waals surface area contributed by atoms with Crippen molar-refractivity contribution in [2.24, 2.45) is 0 Å². The molecule has 3 aromatic carbocycles. The maximum Gasteiger partial charge on any atom is 0.308 e. The predicted octanol–water partition coefficient (Wildman–Crippen LogP) is 6.64. The number of nitrogens with one attached hydrogen (secondary N) is 1. The Bertz CT molecular complexity index is 1160. The van der Waals surface area contributed by atoms with E-state index >= 15 is 0 Å². The molecule has 0 aliphatic heterocycles. The second-order valence-electron chi connectivity index (χ2n) is 11.7. The summed E-state index contributed by atoms with van der Waals surface area (Å²) in [6, 6.07) is 30.9. The Morgan fingerprint density at radius 2 is 1.26 bits per heavy atom. The van der Waals surface area contributed by atoms with Crippen LogP contribution in [0, 0.1) is 0 Å². The third kappa shape index (κ3) is 15.5. The average Bonchev–Trinajstić information content (AvgIpc) is 3.01. The summed E-state index contributed by atoms with van der Waals surface area (Å²) in [6.07, 6.45) is 8.38. The molecule has 0 spiro atoms. The first-order valence-corrected chi connectivity index (χ1v) is 15.9. The topological polar surface area (TPSA) is 61.9 Å². The minimum absolute atomic E-state index is 0.0117. The molecule has 6 heteroatoms. The van der Waals surface area contributed by atoms with Crippen molar-refractivity contribution in [1.29, 1.82) is 0 Å². The van der Waals surface area contributed by atoms with Crippen LogP contribution in [0.25, 0.3) is 0 Å². The van der Waals surface area contributed by atoms with Gasteiger partial charge in [-0.2, -0.15) is 0 Å². The molecule has 0 aliphatic rings. The van der Waals surface area contributed by atoms with E-state index in [0.717, 1.165) is 50.9 Å². The van der Waals surface area contributed by atoms with Crippen LogP contribution in [0.2, 0.25) is 0 Å². The van der Waals surface area contributed by atoms with Gasteiger partial charge in [0, 0.05) is 26.1 Å². The first-order valence-electron chi connectivity index (χ1n) is 15.9. The molecular weight excluding hydrogens is 534 g/mol. The molecule has 0 saturated heterocycles. The van der Waals surface area contributed by atoms with Crippen LogP contribution in [0.1, 0.15) is 68.1 Å². The zero-order valence-electron chi connectivity index (χ0n) is 26.3. The summed E-state index contributed by atoms with van der Waals surface area (Å²) >= 11 is 0. The van der Waals surface area contributed by atoms with E-state index in [1.807, 2.05) is 49.3 Å². The number of amides is 1. The number of rotatable bonds is 21. The lowest BCUT2D eigenvalue weighted by Crippen LogP contribution is -2.43. The lowest BCUT2D eigenvalue weighted by atomic mass is 10.1. The Labute approximate surface area is 259 Å². The molecule has 0 fully saturated rings. The van der Waals surface area contributed by atoms with Crippen LogP contribution in [-0.4, -0.2) is 61.4 Å². The number of ether oxygens (including phenoxy) is 1. The largest absolute Gasteiger partial charge is 0.461 e. The van der Waals surface area contributed by atoms with Crippen LogP contribution < -0.4 is 5.32 Å². The molecule has 3 rings (SSSR count). The number of nitrogens with zero attached hydrogens (tertiary/aromatic N) is 2. The van der Waals surface area contributed by atoms with Crippen LogP contribution in [0.3, 0.4) is 0 Å². The van der Waals surface area contributed by atoms with Crippen LogP contribution in [-0.2, 0) is 33.9 Å². The van der Waals surface area contributed by atoms with E-state index in [1.54, 1.807) is 0 Å². The Morgan fingerprint density at radius 3 is 1.88 bits per heavy atom. The fourth-order valence-electron chi connectivity index (χ4n) is 5.27. The van der Waals surface area contributed by atoms with Gasteiger partial charge in [-0.1, -0.05) is 117 Å². The Kier molecular flexibility index (Phi) is 16.2. The highest BCUT2D eigenvalue weighted by molar-refractivity contribution is 5.77. The van der Waals surface area contributed by atoms with Gasteiger partial charge in [0.15, 0.2) is 0 Å². The van der Waals surface area contributed by atoms with E-state index in [0.29, 0.717) is 13.0 Å². The molecule has 1 atom stereocenters. The molecule has 0 aromatic heterocycles. The number of likely N-dealkylation sites (N-methyl/N-ethyl adjacent to an activating group) is 1. The Hall–Kier alpha value is -3.48. The average molecular weight is 586 g/mol. The summed E-state index contributed by atoms with van der Waals surface area (Å²) in [7, 11) is 3.89. The molecular formula is C37H51N3O3. The highest BCUT2D eigenvalue weighted by Gasteiger charge is 2.18. The Balaban J connectivity index is 1.29. The number of benzene rings is 3. The van der Waals surface area contributed by atoms with Crippen LogP contribution >= 0.6 is 0 Å². The molecule has 1 N–H and O–H groups in total. The van der Waals surface area contributed by atoms with Gasteiger partial charge in [0.25, 0.3) is 0 Å². The zero-order valence-corrected chi connectivity index (χ0v) is 26.3. The third-order valence-corrected chi connectivity index (χ3v) is 7.54. The second-order valence-corrected chi connectivity index (χ2v) is 11.7. The zero-order chi connectivity index (χ0) is 30.5. The molecule has 0 heterocycles. The first kappa shape index (κ1) is 34.0. The lowest BCUT2D eigenvalue weighted by Gasteiger charge is -2.22. The summed E-state index contributed by atoms with van der Waals surface area (Å²) < 4.78 is 5.43. The first-order chi connectivity index (χ1) is 21.0. The molecule has 6 nitrogen and oxygen atoms in total. The van der Waals surface area contributed by atoms with E-state index in [4.69, 9.17) is 4.74 Å². The second kappa shape index (κ2) is 20.4. The van der Waals surface area contributed by atoms with Crippen molar-refractivity contribution >= 4 is 11.9 Å². The van der Waals surface area contributed by atoms with Crippen LogP contribution in [0.4, 0.5) is 0 Å². The third-order valence-electron chi connectivity index (χ3n) is 7.54. The van der Waals surface area contributed by atoms with Gasteiger partial charge in [0.1, 0.15) is 6.61 Å². The molecule has 43 heavy (non-hydrogen) atoms. The maximum atomic E-state index is 12.6. The molecule has 1 unspecified atom stereocenters. The van der Waals surface area contributed by atoms with Crippen molar-refractivity contribution in [1.82, 2.24) is 15.1 Å². The van der Waals surface area contributed by atoms with E-state index in [2.05, 4.69) is 70.9 Å². The number of carbonyl (C=O) groups excluding carboxylic acids is 2. The fraction of sp³-hybridized carbons (Fsp3) is 0.459. The van der Waals surface area contributed by atoms with Crippen molar-refractivity contribution in [3.05, 3.63) is 108 Å². The summed E-state index contributed by atoms with van der Waals surface area (Å²) in [4.78, 5) is 29.6. The lowest BCUT2D eigenvalue weighted by molar-refractivity contribution is -0.145. The molecule has 1 amide bonds. The van der Waals surface area contributed by atoms with Crippen LogP contribution in [0.15, 0.2) is 91.0 Å². The molecule has 232 valence electrons. The van der Waals surface area contributed by atoms with Gasteiger partial charge in [-0.25, -0.2) is 0 Å². The van der Waals surface area contributed by atoms with Gasteiger partial charge in [0.05, 0.1) is 12.5 Å². The summed E-state index contributed by atoms with van der Waals surface area (Å²) in [5.74, 6) is -0.281. The number of unbranched alkanes of at least 4 members (excludes halogenated alkanes) is 5. The Morgan fingerprint density at radius 1 is 0.698 bits per heavy atom. The van der Waals surface area contributed by atoms with Crippen molar-refractivity contribution in [2.75, 3.05) is 33.7 Å². The number of carbonyl (C=O) groups is 2. The predicted molar refractivity (Wildman–Crippen MR) is 176 cm³/mol. The monoisotopic (exact) mass is 585 g/mol. The standard InChI is InChI=1S/C37H51N3O3/c1-39(2)30-35(28-37(42)43-31-34-22-14-9-15-23-34)38-36(41)24-16-5-3-4-6-17-26-40(29-33-20-12-8-13-21-33)27-25-32-18-10-7-11-19-32/h7-15,18-23,35H,3-6,16-17,24-31H2,1-2H3,(H,38,41). The van der Waals surface area contributed by atoms with E-state index in [-0.39, 0.29) is 30.9 Å². The highest BCUT2D eigenvalue weighted by atomic mass is 16.5. The normalized spacial score (nSPS) is 11.9. The van der Waals surface area contributed by atoms with Crippen molar-refractivity contribution in [2.45, 2.75) is 77.0 Å².